The molecule has 0 radical (unpaired) electrons. The van der Waals surface area contributed by atoms with Crippen molar-refractivity contribution in [3.05, 3.63) is 24.0 Å². The summed E-state index contributed by atoms with van der Waals surface area (Å²) in [7, 11) is 0. The third-order valence-electron chi connectivity index (χ3n) is 3.19. The Morgan fingerprint density at radius 3 is 2.81 bits per heavy atom. The molecule has 0 bridgehead atoms. The summed E-state index contributed by atoms with van der Waals surface area (Å²) in [4.78, 5) is 6.67. The fourth-order valence-corrected chi connectivity index (χ4v) is 2.14. The Bertz CT molecular complexity index is 335. The smallest absolute Gasteiger partial charge is 0.0564 e. The molecule has 1 aliphatic heterocycles. The first kappa shape index (κ1) is 11.4. The van der Waals surface area contributed by atoms with Gasteiger partial charge in [0.25, 0.3) is 0 Å². The molecule has 0 unspecified atom stereocenters. The second kappa shape index (κ2) is 5.27. The topological polar surface area (TPSA) is 62.4 Å². The summed E-state index contributed by atoms with van der Waals surface area (Å²) < 4.78 is 0. The quantitative estimate of drug-likeness (QED) is 0.795. The van der Waals surface area contributed by atoms with Crippen molar-refractivity contribution in [1.29, 1.82) is 0 Å². The second-order valence-electron chi connectivity index (χ2n) is 4.48. The average Bonchev–Trinajstić information content (AvgIpc) is 2.30. The molecule has 3 N–H and O–H groups in total. The van der Waals surface area contributed by atoms with Crippen molar-refractivity contribution >= 4 is 5.69 Å². The highest BCUT2D eigenvalue weighted by Gasteiger charge is 2.18. The third kappa shape index (κ3) is 2.93. The highest BCUT2D eigenvalue weighted by atomic mass is 16.3. The second-order valence-corrected chi connectivity index (χ2v) is 4.48. The molecule has 1 fully saturated rings. The van der Waals surface area contributed by atoms with E-state index < -0.39 is 0 Å². The molecule has 0 spiro atoms. The lowest BCUT2D eigenvalue weighted by atomic mass is 9.98. The minimum absolute atomic E-state index is 0.324. The number of nitrogens with zero attached hydrogens (tertiary/aromatic N) is 2. The highest BCUT2D eigenvalue weighted by molar-refractivity contribution is 5.37. The molecular weight excluding hydrogens is 202 g/mol. The van der Waals surface area contributed by atoms with Crippen LogP contribution in [0.15, 0.2) is 18.3 Å². The molecule has 16 heavy (non-hydrogen) atoms. The Labute approximate surface area is 96.1 Å². The number of rotatable bonds is 3. The molecule has 0 saturated carbocycles. The van der Waals surface area contributed by atoms with Gasteiger partial charge < -0.3 is 10.8 Å². The molecule has 4 heteroatoms. The molecule has 0 atom stereocenters. The van der Waals surface area contributed by atoms with Crippen molar-refractivity contribution in [2.24, 2.45) is 5.92 Å². The van der Waals surface area contributed by atoms with Crippen molar-refractivity contribution in [3.8, 4) is 0 Å². The standard InChI is InChI=1S/C12H19N3O/c13-11-1-4-14-12(7-11)8-15-5-2-10(9-16)3-6-15/h1,4,7,10,16H,2-3,5-6,8-9H2,(H2,13,14). The lowest BCUT2D eigenvalue weighted by Gasteiger charge is -2.30. The summed E-state index contributed by atoms with van der Waals surface area (Å²) >= 11 is 0. The minimum atomic E-state index is 0.324. The third-order valence-corrected chi connectivity index (χ3v) is 3.19. The number of pyridine rings is 1. The first-order valence-corrected chi connectivity index (χ1v) is 5.81. The van der Waals surface area contributed by atoms with Crippen LogP contribution in [0.5, 0.6) is 0 Å². The Hall–Kier alpha value is -1.13. The number of aliphatic hydroxyl groups excluding tert-OH is 1. The van der Waals surface area contributed by atoms with Gasteiger partial charge in [0, 0.05) is 25.0 Å². The molecule has 1 saturated heterocycles. The molecule has 0 aliphatic carbocycles. The number of nitrogen functional groups attached to an aromatic ring is 1. The Balaban J connectivity index is 1.87. The maximum absolute atomic E-state index is 9.06. The lowest BCUT2D eigenvalue weighted by Crippen LogP contribution is -2.34. The lowest BCUT2D eigenvalue weighted by molar-refractivity contribution is 0.126. The van der Waals surface area contributed by atoms with Crippen LogP contribution in [-0.4, -0.2) is 34.7 Å². The van der Waals surface area contributed by atoms with E-state index in [0.29, 0.717) is 12.5 Å². The molecule has 88 valence electrons. The van der Waals surface area contributed by atoms with Crippen LogP contribution in [-0.2, 0) is 6.54 Å². The van der Waals surface area contributed by atoms with E-state index in [1.165, 1.54) is 0 Å². The number of aromatic nitrogens is 1. The van der Waals surface area contributed by atoms with Gasteiger partial charge in [-0.2, -0.15) is 0 Å². The number of piperidine rings is 1. The number of aliphatic hydroxyl groups is 1. The van der Waals surface area contributed by atoms with Crippen molar-refractivity contribution < 1.29 is 5.11 Å². The first-order chi connectivity index (χ1) is 7.78. The molecule has 2 heterocycles. The van der Waals surface area contributed by atoms with E-state index in [2.05, 4.69) is 9.88 Å². The molecule has 1 aliphatic rings. The van der Waals surface area contributed by atoms with Crippen LogP contribution in [0.3, 0.4) is 0 Å². The van der Waals surface area contributed by atoms with E-state index in [1.54, 1.807) is 6.20 Å². The van der Waals surface area contributed by atoms with E-state index in [0.717, 1.165) is 43.9 Å². The van der Waals surface area contributed by atoms with Crippen LogP contribution in [0.4, 0.5) is 5.69 Å². The summed E-state index contributed by atoms with van der Waals surface area (Å²) in [5.41, 5.74) is 7.52. The zero-order chi connectivity index (χ0) is 11.4. The number of likely N-dealkylation sites (tertiary alicyclic amines) is 1. The largest absolute Gasteiger partial charge is 0.399 e. The number of anilines is 1. The SMILES string of the molecule is Nc1ccnc(CN2CCC(CO)CC2)c1. The summed E-state index contributed by atoms with van der Waals surface area (Å²) in [5, 5.41) is 9.06. The molecule has 1 aromatic rings. The Morgan fingerprint density at radius 1 is 1.44 bits per heavy atom. The summed E-state index contributed by atoms with van der Waals surface area (Å²) in [6, 6.07) is 3.74. The number of hydrogen-bond acceptors (Lipinski definition) is 4. The van der Waals surface area contributed by atoms with E-state index >= 15 is 0 Å². The van der Waals surface area contributed by atoms with Crippen LogP contribution >= 0.6 is 0 Å². The van der Waals surface area contributed by atoms with Gasteiger partial charge in [0.2, 0.25) is 0 Å². The molecular formula is C12H19N3O. The normalized spacial score (nSPS) is 18.8. The van der Waals surface area contributed by atoms with E-state index in [9.17, 15) is 0 Å². The molecule has 4 nitrogen and oxygen atoms in total. The van der Waals surface area contributed by atoms with Crippen molar-refractivity contribution in [2.75, 3.05) is 25.4 Å². The summed E-state index contributed by atoms with van der Waals surface area (Å²) in [6.07, 6.45) is 3.92. The van der Waals surface area contributed by atoms with Gasteiger partial charge >= 0.3 is 0 Å². The fraction of sp³-hybridized carbons (Fsp3) is 0.583. The average molecular weight is 221 g/mol. The maximum Gasteiger partial charge on any atom is 0.0564 e. The van der Waals surface area contributed by atoms with Gasteiger partial charge in [-0.3, -0.25) is 9.88 Å². The monoisotopic (exact) mass is 221 g/mol. The van der Waals surface area contributed by atoms with Gasteiger partial charge in [0.05, 0.1) is 5.69 Å². The van der Waals surface area contributed by atoms with Gasteiger partial charge in [0.15, 0.2) is 0 Å². The maximum atomic E-state index is 9.06. The minimum Gasteiger partial charge on any atom is -0.399 e. The molecule has 0 amide bonds. The summed E-state index contributed by atoms with van der Waals surface area (Å²) in [5.74, 6) is 0.491. The number of hydrogen-bond donors (Lipinski definition) is 2. The summed E-state index contributed by atoms with van der Waals surface area (Å²) in [6.45, 7) is 3.27. The van der Waals surface area contributed by atoms with Crippen LogP contribution in [0.1, 0.15) is 18.5 Å². The van der Waals surface area contributed by atoms with Gasteiger partial charge in [0.1, 0.15) is 0 Å². The van der Waals surface area contributed by atoms with Crippen molar-refractivity contribution in [1.82, 2.24) is 9.88 Å². The van der Waals surface area contributed by atoms with Crippen molar-refractivity contribution in [2.45, 2.75) is 19.4 Å². The van der Waals surface area contributed by atoms with Crippen LogP contribution in [0.2, 0.25) is 0 Å². The van der Waals surface area contributed by atoms with E-state index in [4.69, 9.17) is 10.8 Å². The van der Waals surface area contributed by atoms with Gasteiger partial charge in [-0.05, 0) is 44.0 Å². The molecule has 1 aromatic heterocycles. The Morgan fingerprint density at radius 2 is 2.19 bits per heavy atom. The van der Waals surface area contributed by atoms with Gasteiger partial charge in [-0.15, -0.1) is 0 Å². The molecule has 2 rings (SSSR count). The molecule has 0 aromatic carbocycles. The van der Waals surface area contributed by atoms with Gasteiger partial charge in [-0.25, -0.2) is 0 Å². The van der Waals surface area contributed by atoms with Crippen LogP contribution in [0, 0.1) is 5.92 Å². The predicted octanol–water partition coefficient (Wildman–Crippen LogP) is 0.868. The number of nitrogens with two attached hydrogens (primary N) is 1. The first-order valence-electron chi connectivity index (χ1n) is 5.81. The van der Waals surface area contributed by atoms with E-state index in [1.807, 2.05) is 12.1 Å². The zero-order valence-electron chi connectivity index (χ0n) is 9.47. The highest BCUT2D eigenvalue weighted by Crippen LogP contribution is 2.18. The Kier molecular flexibility index (Phi) is 3.74. The van der Waals surface area contributed by atoms with E-state index in [-0.39, 0.29) is 0 Å². The predicted molar refractivity (Wildman–Crippen MR) is 63.7 cm³/mol. The zero-order valence-corrected chi connectivity index (χ0v) is 9.47. The van der Waals surface area contributed by atoms with Gasteiger partial charge in [-0.1, -0.05) is 0 Å². The fourth-order valence-electron chi connectivity index (χ4n) is 2.14. The van der Waals surface area contributed by atoms with Crippen LogP contribution in [0.25, 0.3) is 0 Å². The van der Waals surface area contributed by atoms with Crippen LogP contribution < -0.4 is 5.73 Å². The van der Waals surface area contributed by atoms with Crippen molar-refractivity contribution in [3.63, 3.8) is 0 Å².